The third-order valence-electron chi connectivity index (χ3n) is 12.8. The maximum Gasteiger partial charge on any atom is 0.159 e. The first-order chi connectivity index (χ1) is 21.7. The van der Waals surface area contributed by atoms with E-state index >= 15 is 0 Å². The summed E-state index contributed by atoms with van der Waals surface area (Å²) in [6.07, 6.45) is 18.2. The second-order valence-corrected chi connectivity index (χ2v) is 15.7. The van der Waals surface area contributed by atoms with Crippen LogP contribution in [0.25, 0.3) is 0 Å². The Bertz CT molecular complexity index is 1140. The van der Waals surface area contributed by atoms with Gasteiger partial charge in [-0.25, -0.2) is 17.6 Å². The molecule has 248 valence electrons. The summed E-state index contributed by atoms with van der Waals surface area (Å²) in [6, 6.07) is 8.36. The summed E-state index contributed by atoms with van der Waals surface area (Å²) in [5.41, 5.74) is 1.31. The zero-order valence-corrected chi connectivity index (χ0v) is 27.5. The molecule has 2 atom stereocenters. The van der Waals surface area contributed by atoms with Gasteiger partial charge >= 0.3 is 0 Å². The first-order valence-corrected chi connectivity index (χ1v) is 18.3. The van der Waals surface area contributed by atoms with Gasteiger partial charge in [0.05, 0.1) is 12.2 Å². The summed E-state index contributed by atoms with van der Waals surface area (Å²) in [7, 11) is 0. The third kappa shape index (κ3) is 7.99. The van der Waals surface area contributed by atoms with Crippen LogP contribution in [0.15, 0.2) is 36.4 Å². The Labute approximate surface area is 268 Å². The van der Waals surface area contributed by atoms with E-state index < -0.39 is 35.5 Å². The van der Waals surface area contributed by atoms with Crippen LogP contribution in [-0.2, 0) is 4.74 Å². The van der Waals surface area contributed by atoms with Crippen molar-refractivity contribution in [2.24, 2.45) is 47.3 Å². The van der Waals surface area contributed by atoms with Gasteiger partial charge in [0.2, 0.25) is 0 Å². The number of rotatable bonds is 8. The minimum atomic E-state index is -0.863. The van der Waals surface area contributed by atoms with Crippen molar-refractivity contribution in [2.75, 3.05) is 0 Å². The highest BCUT2D eigenvalue weighted by Crippen LogP contribution is 2.50. The van der Waals surface area contributed by atoms with Gasteiger partial charge in [-0.3, -0.25) is 0 Å². The van der Waals surface area contributed by atoms with Gasteiger partial charge in [0.15, 0.2) is 23.3 Å². The number of halogens is 4. The molecule has 4 aliphatic rings. The Kier molecular flexibility index (Phi) is 10.9. The van der Waals surface area contributed by atoms with Crippen LogP contribution in [0.2, 0.25) is 0 Å². The van der Waals surface area contributed by atoms with Crippen LogP contribution in [0.4, 0.5) is 17.6 Å². The highest BCUT2D eigenvalue weighted by molar-refractivity contribution is 5.24. The maximum atomic E-state index is 14.7. The van der Waals surface area contributed by atoms with Crippen LogP contribution < -0.4 is 0 Å². The van der Waals surface area contributed by atoms with E-state index in [9.17, 15) is 17.6 Å². The second-order valence-electron chi connectivity index (χ2n) is 15.7. The maximum absolute atomic E-state index is 14.7. The lowest BCUT2D eigenvalue weighted by atomic mass is 9.67. The zero-order valence-electron chi connectivity index (χ0n) is 27.5. The molecule has 0 radical (unpaired) electrons. The number of ether oxygens (including phenoxy) is 1. The van der Waals surface area contributed by atoms with Crippen molar-refractivity contribution < 1.29 is 22.3 Å². The molecule has 0 spiro atoms. The predicted molar refractivity (Wildman–Crippen MR) is 172 cm³/mol. The Hall–Kier alpha value is -1.88. The van der Waals surface area contributed by atoms with Gasteiger partial charge in [-0.2, -0.15) is 0 Å². The minimum Gasteiger partial charge on any atom is -0.365 e. The Balaban J connectivity index is 1.22. The zero-order chi connectivity index (χ0) is 31.5. The van der Waals surface area contributed by atoms with Crippen molar-refractivity contribution in [3.63, 3.8) is 0 Å². The third-order valence-corrected chi connectivity index (χ3v) is 12.8. The molecule has 2 aromatic carbocycles. The molecule has 0 heterocycles. The number of hydrogen-bond donors (Lipinski definition) is 0. The van der Waals surface area contributed by atoms with Gasteiger partial charge in [0.1, 0.15) is 0 Å². The van der Waals surface area contributed by atoms with Crippen LogP contribution >= 0.6 is 0 Å². The fourth-order valence-electron chi connectivity index (χ4n) is 9.81. The molecule has 4 aliphatic carbocycles. The molecular formula is C40H54F4O. The first-order valence-electron chi connectivity index (χ1n) is 18.3. The largest absolute Gasteiger partial charge is 0.365 e. The number of benzene rings is 2. The fraction of sp³-hybridized carbons (Fsp3) is 0.700. The van der Waals surface area contributed by atoms with Gasteiger partial charge in [0.25, 0.3) is 0 Å². The molecular weight excluding hydrogens is 572 g/mol. The molecule has 4 saturated carbocycles. The summed E-state index contributed by atoms with van der Waals surface area (Å²) in [5, 5.41) is 0. The lowest BCUT2D eigenvalue weighted by molar-refractivity contribution is -0.0936. The molecule has 2 aromatic rings. The number of hydrogen-bond acceptors (Lipinski definition) is 1. The van der Waals surface area contributed by atoms with Crippen molar-refractivity contribution in [3.8, 4) is 0 Å². The van der Waals surface area contributed by atoms with Crippen molar-refractivity contribution in [1.29, 1.82) is 0 Å². The molecule has 2 unspecified atom stereocenters. The molecule has 5 heteroatoms. The molecule has 4 fully saturated rings. The van der Waals surface area contributed by atoms with Crippen LogP contribution in [-0.4, -0.2) is 0 Å². The van der Waals surface area contributed by atoms with Gasteiger partial charge in [-0.05, 0) is 160 Å². The van der Waals surface area contributed by atoms with Crippen molar-refractivity contribution >= 4 is 0 Å². The van der Waals surface area contributed by atoms with Gasteiger partial charge in [0, 0.05) is 0 Å². The monoisotopic (exact) mass is 626 g/mol. The standard InChI is InChI=1S/C40H54F4O/c1-25-3-7-27(8-4-25)29-11-15-31(16-12-29)39(33-19-21-35(41)37(43)23-33)45-40(34-20-22-36(42)38(44)24-34)32-17-13-30(14-18-32)28-9-5-26(2)6-10-28/h19-32,39-40H,3-18H2,1-2H3/t25-,26-,27-,28-,29-,30-,31-,32-,39?,40?. The average molecular weight is 627 g/mol. The van der Waals surface area contributed by atoms with E-state index in [1.165, 1.54) is 75.6 Å². The lowest BCUT2D eigenvalue weighted by Gasteiger charge is -2.43. The predicted octanol–water partition coefficient (Wildman–Crippen LogP) is 12.3. The topological polar surface area (TPSA) is 9.23 Å². The SMILES string of the molecule is C[C@H]1CC[C@H]([C@H]2CC[C@H](C(OC(c3ccc(F)c(F)c3)[C@H]3CC[C@H]([C@H]4CC[C@H](C)CC4)CC3)c3ccc(F)c(F)c3)CC2)CC1. The average Bonchev–Trinajstić information content (AvgIpc) is 3.05. The van der Waals surface area contributed by atoms with Crippen molar-refractivity contribution in [1.82, 2.24) is 0 Å². The van der Waals surface area contributed by atoms with Crippen LogP contribution in [0.1, 0.15) is 140 Å². The second kappa shape index (κ2) is 14.9. The van der Waals surface area contributed by atoms with Gasteiger partial charge in [-0.15, -0.1) is 0 Å². The van der Waals surface area contributed by atoms with E-state index in [1.807, 2.05) is 0 Å². The summed E-state index contributed by atoms with van der Waals surface area (Å²) in [4.78, 5) is 0. The quantitative estimate of drug-likeness (QED) is 0.265. The molecule has 1 nitrogen and oxygen atoms in total. The van der Waals surface area contributed by atoms with Gasteiger partial charge < -0.3 is 4.74 Å². The minimum absolute atomic E-state index is 0.169. The van der Waals surface area contributed by atoms with E-state index in [2.05, 4.69) is 13.8 Å². The van der Waals surface area contributed by atoms with Gasteiger partial charge in [-0.1, -0.05) is 51.7 Å². The molecule has 0 saturated heterocycles. The Morgan fingerprint density at radius 1 is 0.444 bits per heavy atom. The first kappa shape index (κ1) is 33.0. The van der Waals surface area contributed by atoms with Crippen LogP contribution in [0.5, 0.6) is 0 Å². The normalized spacial score (nSPS) is 34.3. The molecule has 0 N–H and O–H groups in total. The van der Waals surface area contributed by atoms with Crippen LogP contribution in [0, 0.1) is 70.6 Å². The van der Waals surface area contributed by atoms with E-state index in [1.54, 1.807) is 12.1 Å². The molecule has 0 amide bonds. The Morgan fingerprint density at radius 2 is 0.756 bits per heavy atom. The highest BCUT2D eigenvalue weighted by atomic mass is 19.2. The summed E-state index contributed by atoms with van der Waals surface area (Å²) >= 11 is 0. The van der Waals surface area contributed by atoms with Crippen LogP contribution in [0.3, 0.4) is 0 Å². The van der Waals surface area contributed by atoms with Crippen molar-refractivity contribution in [2.45, 2.75) is 129 Å². The summed E-state index contributed by atoms with van der Waals surface area (Å²) < 4.78 is 64.7. The van der Waals surface area contributed by atoms with E-state index in [4.69, 9.17) is 4.74 Å². The summed E-state index contributed by atoms with van der Waals surface area (Å²) in [5.74, 6) is 1.58. The van der Waals surface area contributed by atoms with E-state index in [-0.39, 0.29) is 11.8 Å². The van der Waals surface area contributed by atoms with Crippen molar-refractivity contribution in [3.05, 3.63) is 70.8 Å². The molecule has 0 aliphatic heterocycles. The van der Waals surface area contributed by atoms with E-state index in [0.717, 1.165) is 86.9 Å². The lowest BCUT2D eigenvalue weighted by Crippen LogP contribution is -2.31. The molecule has 45 heavy (non-hydrogen) atoms. The Morgan fingerprint density at radius 3 is 1.07 bits per heavy atom. The highest BCUT2D eigenvalue weighted by Gasteiger charge is 2.39. The fourth-order valence-corrected chi connectivity index (χ4v) is 9.81. The molecule has 6 rings (SSSR count). The molecule has 0 aromatic heterocycles. The molecule has 0 bridgehead atoms. The summed E-state index contributed by atoms with van der Waals surface area (Å²) in [6.45, 7) is 4.73. The van der Waals surface area contributed by atoms with E-state index in [0.29, 0.717) is 11.1 Å². The smallest absolute Gasteiger partial charge is 0.159 e.